The summed E-state index contributed by atoms with van der Waals surface area (Å²) in [7, 11) is 0. The van der Waals surface area contributed by atoms with Gasteiger partial charge in [0.05, 0.1) is 6.54 Å². The monoisotopic (exact) mass is 335 g/mol. The van der Waals surface area contributed by atoms with Crippen LogP contribution in [0.4, 0.5) is 5.69 Å². The Morgan fingerprint density at radius 2 is 1.80 bits per heavy atom. The van der Waals surface area contributed by atoms with Crippen LogP contribution in [0.3, 0.4) is 0 Å². The van der Waals surface area contributed by atoms with Crippen molar-refractivity contribution in [3.8, 4) is 0 Å². The first-order chi connectivity index (χ1) is 12.3. The minimum Gasteiger partial charge on any atom is -0.382 e. The van der Waals surface area contributed by atoms with Gasteiger partial charge in [-0.2, -0.15) is 0 Å². The number of hydrogen-bond acceptors (Lipinski definition) is 3. The zero-order valence-corrected chi connectivity index (χ0v) is 14.5. The zero-order valence-electron chi connectivity index (χ0n) is 14.5. The van der Waals surface area contributed by atoms with Crippen LogP contribution in [-0.2, 0) is 13.0 Å². The number of nitrogens with one attached hydrogen (secondary N) is 1. The first-order valence-electron chi connectivity index (χ1n) is 8.96. The number of anilines is 1. The Bertz CT molecular complexity index is 701. The van der Waals surface area contributed by atoms with Crippen LogP contribution >= 0.6 is 0 Å². The molecule has 1 aliphatic rings. The van der Waals surface area contributed by atoms with Crippen LogP contribution in [0.1, 0.15) is 24.0 Å². The first kappa shape index (κ1) is 17.3. The van der Waals surface area contributed by atoms with E-state index < -0.39 is 0 Å². The molecular weight excluding hydrogens is 310 g/mol. The van der Waals surface area contributed by atoms with E-state index in [1.807, 2.05) is 12.1 Å². The van der Waals surface area contributed by atoms with Gasteiger partial charge in [-0.15, -0.1) is 0 Å². The molecule has 0 atom stereocenters. The van der Waals surface area contributed by atoms with Gasteiger partial charge in [-0.1, -0.05) is 47.6 Å². The molecule has 1 N–H and O–H groups in total. The number of nitrogens with zero attached hydrogens (tertiary/aromatic N) is 4. The molecule has 130 valence electrons. The minimum atomic E-state index is 0.431. The lowest BCUT2D eigenvalue weighted by atomic mass is 10.0. The lowest BCUT2D eigenvalue weighted by Crippen LogP contribution is -2.40. The summed E-state index contributed by atoms with van der Waals surface area (Å²) in [6.07, 6.45) is 3.42. The van der Waals surface area contributed by atoms with Crippen molar-refractivity contribution in [2.24, 2.45) is 5.11 Å². The van der Waals surface area contributed by atoms with E-state index in [0.717, 1.165) is 31.6 Å². The third kappa shape index (κ3) is 5.52. The normalized spacial score (nSPS) is 15.5. The van der Waals surface area contributed by atoms with Gasteiger partial charge in [0.25, 0.3) is 0 Å². The summed E-state index contributed by atoms with van der Waals surface area (Å²) < 4.78 is 0. The number of para-hydroxylation sites is 1. The summed E-state index contributed by atoms with van der Waals surface area (Å²) in [6.45, 7) is 3.80. The van der Waals surface area contributed by atoms with Gasteiger partial charge >= 0.3 is 0 Å². The summed E-state index contributed by atoms with van der Waals surface area (Å²) in [5.74, 6) is 0. The number of hydrogen-bond donors (Lipinski definition) is 1. The molecule has 1 saturated heterocycles. The van der Waals surface area contributed by atoms with Crippen LogP contribution < -0.4 is 5.32 Å². The molecule has 3 rings (SSSR count). The molecule has 0 radical (unpaired) electrons. The second-order valence-electron chi connectivity index (χ2n) is 6.59. The molecule has 25 heavy (non-hydrogen) atoms. The highest BCUT2D eigenvalue weighted by molar-refractivity contribution is 5.43. The van der Waals surface area contributed by atoms with E-state index in [2.05, 4.69) is 62.7 Å². The highest BCUT2D eigenvalue weighted by atomic mass is 15.1. The minimum absolute atomic E-state index is 0.431. The predicted molar refractivity (Wildman–Crippen MR) is 103 cm³/mol. The fourth-order valence-electron chi connectivity index (χ4n) is 3.35. The quantitative estimate of drug-likeness (QED) is 0.456. The van der Waals surface area contributed by atoms with Crippen LogP contribution in [0.15, 0.2) is 59.7 Å². The average Bonchev–Trinajstić information content (AvgIpc) is 2.67. The van der Waals surface area contributed by atoms with E-state index in [0.29, 0.717) is 12.6 Å². The maximum atomic E-state index is 8.43. The third-order valence-electron chi connectivity index (χ3n) is 4.76. The van der Waals surface area contributed by atoms with Crippen molar-refractivity contribution >= 4 is 5.69 Å². The molecule has 0 aliphatic carbocycles. The Morgan fingerprint density at radius 1 is 1.04 bits per heavy atom. The van der Waals surface area contributed by atoms with Crippen LogP contribution in [-0.4, -0.2) is 30.6 Å². The van der Waals surface area contributed by atoms with Crippen molar-refractivity contribution in [3.05, 3.63) is 76.2 Å². The summed E-state index contributed by atoms with van der Waals surface area (Å²) in [5, 5.41) is 7.27. The van der Waals surface area contributed by atoms with E-state index in [-0.39, 0.29) is 0 Å². The topological polar surface area (TPSA) is 64.0 Å². The summed E-state index contributed by atoms with van der Waals surface area (Å²) in [4.78, 5) is 5.37. The maximum absolute atomic E-state index is 8.43. The number of piperidine rings is 1. The van der Waals surface area contributed by atoms with E-state index in [4.69, 9.17) is 5.53 Å². The van der Waals surface area contributed by atoms with Crippen LogP contribution in [0.25, 0.3) is 10.4 Å². The standard InChI is InChI=1S/C20H25N5/c21-24-22-16-18-6-4-5-17(15-18)9-12-25-13-10-20(11-14-25)23-19-7-2-1-3-8-19/h1-8,15,20,23H,9-14,16H2. The van der Waals surface area contributed by atoms with Gasteiger partial charge in [0, 0.05) is 36.3 Å². The van der Waals surface area contributed by atoms with Crippen molar-refractivity contribution in [1.29, 1.82) is 0 Å². The SMILES string of the molecule is [N-]=[N+]=NCc1cccc(CCN2CCC(Nc3ccccc3)CC2)c1. The van der Waals surface area contributed by atoms with Gasteiger partial charge < -0.3 is 10.2 Å². The predicted octanol–water partition coefficient (Wildman–Crippen LogP) is 4.62. The van der Waals surface area contributed by atoms with Crippen LogP contribution in [0.5, 0.6) is 0 Å². The highest BCUT2D eigenvalue weighted by Crippen LogP contribution is 2.17. The molecule has 1 heterocycles. The number of benzene rings is 2. The molecule has 1 fully saturated rings. The van der Waals surface area contributed by atoms with Gasteiger partial charge in [-0.05, 0) is 48.1 Å². The molecule has 5 nitrogen and oxygen atoms in total. The fourth-order valence-corrected chi connectivity index (χ4v) is 3.35. The zero-order chi connectivity index (χ0) is 17.3. The van der Waals surface area contributed by atoms with Crippen LogP contribution in [0.2, 0.25) is 0 Å². The maximum Gasteiger partial charge on any atom is 0.0510 e. The second-order valence-corrected chi connectivity index (χ2v) is 6.59. The molecule has 0 amide bonds. The average molecular weight is 335 g/mol. The molecule has 0 aromatic heterocycles. The van der Waals surface area contributed by atoms with Crippen molar-refractivity contribution in [2.75, 3.05) is 25.0 Å². The number of likely N-dealkylation sites (tertiary alicyclic amines) is 1. The molecule has 2 aromatic rings. The van der Waals surface area contributed by atoms with Gasteiger partial charge in [0.1, 0.15) is 0 Å². The van der Waals surface area contributed by atoms with Crippen molar-refractivity contribution < 1.29 is 0 Å². The molecule has 0 spiro atoms. The van der Waals surface area contributed by atoms with E-state index in [9.17, 15) is 0 Å². The molecule has 0 bridgehead atoms. The van der Waals surface area contributed by atoms with Crippen molar-refractivity contribution in [3.63, 3.8) is 0 Å². The smallest absolute Gasteiger partial charge is 0.0510 e. The van der Waals surface area contributed by atoms with Gasteiger partial charge in [-0.3, -0.25) is 0 Å². The molecule has 1 aliphatic heterocycles. The first-order valence-corrected chi connectivity index (χ1v) is 8.96. The lowest BCUT2D eigenvalue weighted by Gasteiger charge is -2.32. The Kier molecular flexibility index (Phi) is 6.32. The summed E-state index contributed by atoms with van der Waals surface area (Å²) in [5.41, 5.74) is 12.1. The molecule has 5 heteroatoms. The van der Waals surface area contributed by atoms with E-state index >= 15 is 0 Å². The largest absolute Gasteiger partial charge is 0.382 e. The molecule has 0 unspecified atom stereocenters. The van der Waals surface area contributed by atoms with Gasteiger partial charge in [0.15, 0.2) is 0 Å². The van der Waals surface area contributed by atoms with E-state index in [1.165, 1.54) is 24.1 Å². The van der Waals surface area contributed by atoms with Gasteiger partial charge in [-0.25, -0.2) is 0 Å². The Hall–Kier alpha value is -2.49. The van der Waals surface area contributed by atoms with Crippen molar-refractivity contribution in [1.82, 2.24) is 4.90 Å². The van der Waals surface area contributed by atoms with Crippen LogP contribution in [0, 0.1) is 0 Å². The summed E-state index contributed by atoms with van der Waals surface area (Å²) >= 11 is 0. The van der Waals surface area contributed by atoms with Gasteiger partial charge in [0.2, 0.25) is 0 Å². The fraction of sp³-hybridized carbons (Fsp3) is 0.400. The molecule has 0 saturated carbocycles. The third-order valence-corrected chi connectivity index (χ3v) is 4.76. The Balaban J connectivity index is 1.42. The van der Waals surface area contributed by atoms with E-state index in [1.54, 1.807) is 0 Å². The lowest BCUT2D eigenvalue weighted by molar-refractivity contribution is 0.221. The molecular formula is C20H25N5. The molecule has 2 aromatic carbocycles. The summed E-state index contributed by atoms with van der Waals surface area (Å²) in [6, 6.07) is 19.4. The van der Waals surface area contributed by atoms with Crippen molar-refractivity contribution in [2.45, 2.75) is 31.8 Å². The number of rotatable bonds is 7. The second kappa shape index (κ2) is 9.11. The highest BCUT2D eigenvalue weighted by Gasteiger charge is 2.18. The Labute approximate surface area is 149 Å². The Morgan fingerprint density at radius 3 is 2.56 bits per heavy atom. The number of azide groups is 1.